The van der Waals surface area contributed by atoms with Crippen LogP contribution in [-0.2, 0) is 17.5 Å². The Bertz CT molecular complexity index is 1010. The molecule has 27 heavy (non-hydrogen) atoms. The number of anilines is 2. The molecule has 2 aromatic carbocycles. The van der Waals surface area contributed by atoms with Gasteiger partial charge in [-0.1, -0.05) is 29.8 Å². The lowest BCUT2D eigenvalue weighted by Crippen LogP contribution is -2.13. The average molecular weight is 394 g/mol. The molecule has 3 aromatic rings. The summed E-state index contributed by atoms with van der Waals surface area (Å²) in [4.78, 5) is 15.3. The van der Waals surface area contributed by atoms with Crippen molar-refractivity contribution in [2.45, 2.75) is 19.6 Å². The van der Waals surface area contributed by atoms with Gasteiger partial charge < -0.3 is 10.6 Å². The Morgan fingerprint density at radius 3 is 2.59 bits per heavy atom. The lowest BCUT2D eigenvalue weighted by atomic mass is 10.1. The molecule has 8 heteroatoms. The van der Waals surface area contributed by atoms with E-state index in [-0.39, 0.29) is 23.1 Å². The van der Waals surface area contributed by atoms with Crippen LogP contribution in [0.3, 0.4) is 0 Å². The van der Waals surface area contributed by atoms with Gasteiger partial charge in [0.25, 0.3) is 0 Å². The van der Waals surface area contributed by atoms with E-state index >= 15 is 0 Å². The third-order valence-electron chi connectivity index (χ3n) is 3.86. The molecule has 0 unspecified atom stereocenters. The highest BCUT2D eigenvalue weighted by Gasteiger charge is 2.34. The number of hydrogen-bond donors (Lipinski definition) is 2. The Kier molecular flexibility index (Phi) is 5.23. The van der Waals surface area contributed by atoms with Crippen molar-refractivity contribution >= 4 is 39.8 Å². The molecule has 0 spiro atoms. The highest BCUT2D eigenvalue weighted by Crippen LogP contribution is 2.37. The first-order valence-corrected chi connectivity index (χ1v) is 8.39. The van der Waals surface area contributed by atoms with E-state index in [0.29, 0.717) is 11.1 Å². The highest BCUT2D eigenvalue weighted by atomic mass is 35.5. The van der Waals surface area contributed by atoms with Crippen molar-refractivity contribution in [3.63, 3.8) is 0 Å². The minimum Gasteiger partial charge on any atom is -0.380 e. The maximum Gasteiger partial charge on any atom is 0.418 e. The van der Waals surface area contributed by atoms with Gasteiger partial charge in [0.05, 0.1) is 11.1 Å². The molecule has 0 aliphatic heterocycles. The molecular weight excluding hydrogens is 379 g/mol. The minimum atomic E-state index is -4.58. The summed E-state index contributed by atoms with van der Waals surface area (Å²) >= 11 is 6.16. The van der Waals surface area contributed by atoms with Gasteiger partial charge in [-0.3, -0.25) is 4.79 Å². The zero-order valence-corrected chi connectivity index (χ0v) is 14.9. The number of rotatable bonds is 4. The smallest absolute Gasteiger partial charge is 0.380 e. The molecule has 140 valence electrons. The van der Waals surface area contributed by atoms with Crippen LogP contribution in [0.5, 0.6) is 0 Å². The average Bonchev–Trinajstić information content (AvgIpc) is 2.59. The van der Waals surface area contributed by atoms with E-state index in [1.165, 1.54) is 19.1 Å². The molecule has 3 rings (SSSR count). The van der Waals surface area contributed by atoms with Crippen LogP contribution < -0.4 is 10.6 Å². The second-order valence-corrected chi connectivity index (χ2v) is 6.28. The van der Waals surface area contributed by atoms with Gasteiger partial charge in [-0.05, 0) is 30.3 Å². The van der Waals surface area contributed by atoms with Gasteiger partial charge in [0.1, 0.15) is 5.15 Å². The van der Waals surface area contributed by atoms with Gasteiger partial charge in [0.2, 0.25) is 5.91 Å². The van der Waals surface area contributed by atoms with Crippen molar-refractivity contribution in [3.05, 3.63) is 64.8 Å². The maximum absolute atomic E-state index is 13.4. The van der Waals surface area contributed by atoms with Gasteiger partial charge in [0.15, 0.2) is 0 Å². The molecule has 0 saturated carbocycles. The topological polar surface area (TPSA) is 54.0 Å². The maximum atomic E-state index is 13.4. The van der Waals surface area contributed by atoms with E-state index < -0.39 is 17.6 Å². The molecule has 0 fully saturated rings. The number of carbonyl (C=O) groups is 1. The lowest BCUT2D eigenvalue weighted by Gasteiger charge is -2.17. The van der Waals surface area contributed by atoms with Crippen molar-refractivity contribution in [2.24, 2.45) is 0 Å². The summed E-state index contributed by atoms with van der Waals surface area (Å²) in [5, 5.41) is 6.18. The molecule has 1 amide bonds. The fourth-order valence-electron chi connectivity index (χ4n) is 2.66. The Labute approximate surface area is 158 Å². The Morgan fingerprint density at radius 1 is 1.15 bits per heavy atom. The fraction of sp³-hybridized carbons (Fsp3) is 0.158. The second kappa shape index (κ2) is 7.44. The van der Waals surface area contributed by atoms with Crippen molar-refractivity contribution < 1.29 is 18.0 Å². The van der Waals surface area contributed by atoms with Gasteiger partial charge in [-0.15, -0.1) is 0 Å². The highest BCUT2D eigenvalue weighted by molar-refractivity contribution is 6.30. The van der Waals surface area contributed by atoms with Crippen molar-refractivity contribution in [1.82, 2.24) is 4.98 Å². The number of amides is 1. The van der Waals surface area contributed by atoms with Crippen molar-refractivity contribution in [1.29, 1.82) is 0 Å². The molecule has 0 radical (unpaired) electrons. The number of hydrogen-bond acceptors (Lipinski definition) is 3. The molecular formula is C19H15ClF3N3O. The van der Waals surface area contributed by atoms with E-state index in [1.807, 2.05) is 18.2 Å². The number of para-hydroxylation sites is 1. The zero-order valence-electron chi connectivity index (χ0n) is 14.2. The first-order valence-electron chi connectivity index (χ1n) is 8.01. The molecule has 0 aliphatic carbocycles. The summed E-state index contributed by atoms with van der Waals surface area (Å²) in [6.45, 7) is 1.30. The van der Waals surface area contributed by atoms with Crippen LogP contribution in [0.2, 0.25) is 5.15 Å². The van der Waals surface area contributed by atoms with Gasteiger partial charge in [-0.2, -0.15) is 13.2 Å². The molecule has 4 nitrogen and oxygen atoms in total. The minimum absolute atomic E-state index is 0.0687. The third kappa shape index (κ3) is 4.49. The van der Waals surface area contributed by atoms with Crippen LogP contribution in [-0.4, -0.2) is 10.9 Å². The molecule has 1 heterocycles. The Balaban J connectivity index is 1.89. The number of nitrogens with zero attached hydrogens (tertiary/aromatic N) is 1. The molecule has 1 aromatic heterocycles. The predicted octanol–water partition coefficient (Wildman–Crippen LogP) is 5.48. The summed E-state index contributed by atoms with van der Waals surface area (Å²) in [5.74, 6) is -0.446. The van der Waals surface area contributed by atoms with Crippen LogP contribution in [0.4, 0.5) is 24.5 Å². The number of benzene rings is 2. The van der Waals surface area contributed by atoms with Gasteiger partial charge in [-0.25, -0.2) is 4.98 Å². The third-order valence-corrected chi connectivity index (χ3v) is 4.19. The summed E-state index contributed by atoms with van der Waals surface area (Å²) in [6, 6.07) is 12.7. The first kappa shape index (κ1) is 19.0. The molecule has 2 N–H and O–H groups in total. The van der Waals surface area contributed by atoms with Crippen molar-refractivity contribution in [3.8, 4) is 0 Å². The van der Waals surface area contributed by atoms with Crippen LogP contribution in [0, 0.1) is 0 Å². The number of halogens is 4. The number of aromatic nitrogens is 1. The van der Waals surface area contributed by atoms with Crippen LogP contribution in [0.15, 0.2) is 48.5 Å². The molecule has 0 aliphatic rings. The fourth-order valence-corrected chi connectivity index (χ4v) is 2.88. The summed E-state index contributed by atoms with van der Waals surface area (Å²) in [7, 11) is 0. The number of nitrogens with one attached hydrogen (secondary N) is 2. The normalized spacial score (nSPS) is 11.4. The molecule has 0 bridgehead atoms. The van der Waals surface area contributed by atoms with Gasteiger partial charge in [0, 0.05) is 35.8 Å². The Hall–Kier alpha value is -2.80. The number of pyridine rings is 1. The standard InChI is InChI=1S/C19H15ClF3N3O/c1-11(27)25-14-6-7-17(15(9-14)19(21,22)23)24-10-13-8-12-4-2-3-5-16(12)26-18(13)20/h2-9,24H,10H2,1H3,(H,25,27). The monoisotopic (exact) mass is 393 g/mol. The van der Waals surface area contributed by atoms with Crippen LogP contribution in [0.25, 0.3) is 10.9 Å². The Morgan fingerprint density at radius 2 is 1.89 bits per heavy atom. The van der Waals surface area contributed by atoms with E-state index in [0.717, 1.165) is 11.5 Å². The van der Waals surface area contributed by atoms with Crippen molar-refractivity contribution in [2.75, 3.05) is 10.6 Å². The first-order chi connectivity index (χ1) is 12.7. The van der Waals surface area contributed by atoms with E-state index in [1.54, 1.807) is 12.1 Å². The summed E-state index contributed by atoms with van der Waals surface area (Å²) < 4.78 is 40.2. The van der Waals surface area contributed by atoms with Crippen LogP contribution in [0.1, 0.15) is 18.1 Å². The van der Waals surface area contributed by atoms with Gasteiger partial charge >= 0.3 is 6.18 Å². The largest absolute Gasteiger partial charge is 0.418 e. The number of alkyl halides is 3. The van der Waals surface area contributed by atoms with E-state index in [4.69, 9.17) is 11.6 Å². The SMILES string of the molecule is CC(=O)Nc1ccc(NCc2cc3ccccc3nc2Cl)c(C(F)(F)F)c1. The number of carbonyl (C=O) groups excluding carboxylic acids is 1. The lowest BCUT2D eigenvalue weighted by molar-refractivity contribution is -0.137. The van der Waals surface area contributed by atoms with E-state index in [9.17, 15) is 18.0 Å². The zero-order chi connectivity index (χ0) is 19.6. The summed E-state index contributed by atoms with van der Waals surface area (Å²) in [5.41, 5.74) is 0.376. The summed E-state index contributed by atoms with van der Waals surface area (Å²) in [6.07, 6.45) is -4.58. The predicted molar refractivity (Wildman–Crippen MR) is 99.8 cm³/mol. The molecule has 0 saturated heterocycles. The molecule has 0 atom stereocenters. The second-order valence-electron chi connectivity index (χ2n) is 5.92. The van der Waals surface area contributed by atoms with E-state index in [2.05, 4.69) is 15.6 Å². The van der Waals surface area contributed by atoms with Crippen LogP contribution >= 0.6 is 11.6 Å². The quantitative estimate of drug-likeness (QED) is 0.577. The number of fused-ring (bicyclic) bond motifs is 1.